The monoisotopic (exact) mass is 355 g/mol. The number of nitrogens with zero attached hydrogens (tertiary/aromatic N) is 1. The van der Waals surface area contributed by atoms with Crippen LogP contribution in [0.3, 0.4) is 0 Å². The number of carbonyl (C=O) groups is 1. The maximum absolute atomic E-state index is 12.5. The summed E-state index contributed by atoms with van der Waals surface area (Å²) in [6.45, 7) is 1.52. The lowest BCUT2D eigenvalue weighted by Crippen LogP contribution is -2.24. The molecule has 0 bridgehead atoms. The van der Waals surface area contributed by atoms with Crippen LogP contribution < -0.4 is 10.6 Å². The van der Waals surface area contributed by atoms with Crippen molar-refractivity contribution in [3.05, 3.63) is 46.5 Å². The van der Waals surface area contributed by atoms with E-state index in [4.69, 9.17) is 0 Å². The van der Waals surface area contributed by atoms with Crippen molar-refractivity contribution < 1.29 is 18.0 Å². The molecule has 2 heterocycles. The average Bonchev–Trinajstić information content (AvgIpc) is 3.19. The largest absolute Gasteiger partial charge is 0.416 e. The van der Waals surface area contributed by atoms with Crippen molar-refractivity contribution in [2.45, 2.75) is 19.0 Å². The van der Waals surface area contributed by atoms with Crippen LogP contribution in [0.1, 0.15) is 22.4 Å². The van der Waals surface area contributed by atoms with Crippen LogP contribution in [0.25, 0.3) is 0 Å². The first-order valence-electron chi connectivity index (χ1n) is 7.54. The number of nitrogens with one attached hydrogen (secondary N) is 2. The molecule has 2 aromatic rings. The average molecular weight is 355 g/mol. The number of aromatic nitrogens is 1. The van der Waals surface area contributed by atoms with Gasteiger partial charge in [0, 0.05) is 24.0 Å². The van der Waals surface area contributed by atoms with Crippen molar-refractivity contribution in [3.8, 4) is 0 Å². The summed E-state index contributed by atoms with van der Waals surface area (Å²) in [5.41, 5.74) is 0.109. The molecule has 1 saturated heterocycles. The van der Waals surface area contributed by atoms with Gasteiger partial charge in [-0.2, -0.15) is 13.2 Å². The fraction of sp³-hybridized carbons (Fsp3) is 0.375. The second-order valence-corrected chi connectivity index (χ2v) is 6.80. The minimum absolute atomic E-state index is 0.0349. The maximum Gasteiger partial charge on any atom is 0.416 e. The smallest absolute Gasteiger partial charge is 0.316 e. The molecule has 0 saturated carbocycles. The normalized spacial score (nSPS) is 17.9. The summed E-state index contributed by atoms with van der Waals surface area (Å²) in [5, 5.41) is 6.45. The number of alkyl halides is 3. The SMILES string of the molecule is O=C(Nc1ncc(Cc2ccc(C(F)(F)F)cc2)s1)C1CCNC1. The molecule has 3 rings (SSSR count). The fourth-order valence-electron chi connectivity index (χ4n) is 2.55. The van der Waals surface area contributed by atoms with Gasteiger partial charge < -0.3 is 10.6 Å². The number of carbonyl (C=O) groups excluding carboxylic acids is 1. The molecular weight excluding hydrogens is 339 g/mol. The predicted octanol–water partition coefficient (Wildman–Crippen LogP) is 3.30. The topological polar surface area (TPSA) is 54.0 Å². The van der Waals surface area contributed by atoms with Crippen molar-refractivity contribution in [3.63, 3.8) is 0 Å². The number of hydrogen-bond donors (Lipinski definition) is 2. The summed E-state index contributed by atoms with van der Waals surface area (Å²) in [5.74, 6) is -0.0808. The summed E-state index contributed by atoms with van der Waals surface area (Å²) in [6, 6.07) is 5.08. The highest BCUT2D eigenvalue weighted by molar-refractivity contribution is 7.15. The standard InChI is InChI=1S/C16H16F3N3OS/c17-16(18,19)12-3-1-10(2-4-12)7-13-9-21-15(24-13)22-14(23)11-5-6-20-8-11/h1-4,9,11,20H,5-8H2,(H,21,22,23). The van der Waals surface area contributed by atoms with Crippen LogP contribution in [0.4, 0.5) is 18.3 Å². The van der Waals surface area contributed by atoms with Crippen molar-refractivity contribution in [2.75, 3.05) is 18.4 Å². The molecule has 1 aromatic heterocycles. The zero-order valence-electron chi connectivity index (χ0n) is 12.7. The van der Waals surface area contributed by atoms with Gasteiger partial charge in [-0.25, -0.2) is 4.98 Å². The molecule has 0 aliphatic carbocycles. The first-order valence-corrected chi connectivity index (χ1v) is 8.36. The van der Waals surface area contributed by atoms with Crippen LogP contribution >= 0.6 is 11.3 Å². The summed E-state index contributed by atoms with van der Waals surface area (Å²) >= 11 is 1.34. The second-order valence-electron chi connectivity index (χ2n) is 5.68. The highest BCUT2D eigenvalue weighted by Crippen LogP contribution is 2.30. The Kier molecular flexibility index (Phi) is 4.86. The van der Waals surface area contributed by atoms with Gasteiger partial charge in [0.05, 0.1) is 11.5 Å². The molecule has 1 aliphatic rings. The first kappa shape index (κ1) is 16.9. The Labute approximate surface area is 141 Å². The summed E-state index contributed by atoms with van der Waals surface area (Å²) in [6.07, 6.45) is -1.38. The molecule has 8 heteroatoms. The number of benzene rings is 1. The van der Waals surface area contributed by atoms with Crippen LogP contribution in [-0.2, 0) is 17.4 Å². The lowest BCUT2D eigenvalue weighted by atomic mass is 10.1. The van der Waals surface area contributed by atoms with Gasteiger partial charge in [-0.15, -0.1) is 11.3 Å². The van der Waals surface area contributed by atoms with Gasteiger partial charge >= 0.3 is 6.18 Å². The Morgan fingerprint density at radius 3 is 2.71 bits per heavy atom. The molecule has 1 fully saturated rings. The minimum atomic E-state index is -4.32. The lowest BCUT2D eigenvalue weighted by Gasteiger charge is -2.07. The van der Waals surface area contributed by atoms with Crippen LogP contribution in [-0.4, -0.2) is 24.0 Å². The molecule has 1 amide bonds. The van der Waals surface area contributed by atoms with Crippen LogP contribution in [0.15, 0.2) is 30.5 Å². The third-order valence-electron chi connectivity index (χ3n) is 3.87. The van der Waals surface area contributed by atoms with E-state index in [0.717, 1.165) is 35.5 Å². The Balaban J connectivity index is 1.60. The molecule has 1 aromatic carbocycles. The zero-order chi connectivity index (χ0) is 17.2. The Bertz CT molecular complexity index is 706. The summed E-state index contributed by atoms with van der Waals surface area (Å²) in [7, 11) is 0. The molecule has 2 N–H and O–H groups in total. The van der Waals surface area contributed by atoms with Crippen molar-refractivity contribution >= 4 is 22.4 Å². The van der Waals surface area contributed by atoms with Gasteiger partial charge in [-0.05, 0) is 30.7 Å². The van der Waals surface area contributed by atoms with Gasteiger partial charge in [-0.1, -0.05) is 12.1 Å². The van der Waals surface area contributed by atoms with Crippen molar-refractivity contribution in [1.82, 2.24) is 10.3 Å². The van der Waals surface area contributed by atoms with E-state index in [2.05, 4.69) is 15.6 Å². The molecule has 1 atom stereocenters. The number of thiazole rings is 1. The third kappa shape index (κ3) is 4.12. The maximum atomic E-state index is 12.5. The van der Waals surface area contributed by atoms with E-state index in [-0.39, 0.29) is 11.8 Å². The zero-order valence-corrected chi connectivity index (χ0v) is 13.5. The molecule has 4 nitrogen and oxygen atoms in total. The van der Waals surface area contributed by atoms with Crippen LogP contribution in [0.2, 0.25) is 0 Å². The minimum Gasteiger partial charge on any atom is -0.316 e. The number of anilines is 1. The number of halogens is 3. The highest BCUT2D eigenvalue weighted by atomic mass is 32.1. The van der Waals surface area contributed by atoms with Gasteiger partial charge in [0.15, 0.2) is 5.13 Å². The van der Waals surface area contributed by atoms with E-state index in [1.165, 1.54) is 23.5 Å². The predicted molar refractivity (Wildman–Crippen MR) is 86.0 cm³/mol. The summed E-state index contributed by atoms with van der Waals surface area (Å²) < 4.78 is 37.6. The molecular formula is C16H16F3N3OS. The van der Waals surface area contributed by atoms with Crippen LogP contribution in [0, 0.1) is 5.92 Å². The van der Waals surface area contributed by atoms with Crippen LogP contribution in [0.5, 0.6) is 0 Å². The summed E-state index contributed by atoms with van der Waals surface area (Å²) in [4.78, 5) is 17.1. The van der Waals surface area contributed by atoms with Gasteiger partial charge in [-0.3, -0.25) is 4.79 Å². The first-order chi connectivity index (χ1) is 11.4. The number of amides is 1. The third-order valence-corrected chi connectivity index (χ3v) is 4.79. The molecule has 1 aliphatic heterocycles. The molecule has 24 heavy (non-hydrogen) atoms. The Morgan fingerprint density at radius 2 is 2.08 bits per heavy atom. The molecule has 1 unspecified atom stereocenters. The number of rotatable bonds is 4. The van der Waals surface area contributed by atoms with E-state index in [1.807, 2.05) is 0 Å². The molecule has 0 radical (unpaired) electrons. The quantitative estimate of drug-likeness (QED) is 0.885. The molecule has 128 valence electrons. The van der Waals surface area contributed by atoms with E-state index < -0.39 is 11.7 Å². The Hall–Kier alpha value is -1.93. The van der Waals surface area contributed by atoms with Gasteiger partial charge in [0.25, 0.3) is 0 Å². The Morgan fingerprint density at radius 1 is 1.33 bits per heavy atom. The van der Waals surface area contributed by atoms with E-state index in [9.17, 15) is 18.0 Å². The fourth-order valence-corrected chi connectivity index (χ4v) is 3.40. The lowest BCUT2D eigenvalue weighted by molar-refractivity contribution is -0.137. The van der Waals surface area contributed by atoms with Gasteiger partial charge in [0.1, 0.15) is 0 Å². The van der Waals surface area contributed by atoms with E-state index in [1.54, 1.807) is 6.20 Å². The second kappa shape index (κ2) is 6.90. The molecule has 0 spiro atoms. The van der Waals surface area contributed by atoms with E-state index >= 15 is 0 Å². The van der Waals surface area contributed by atoms with Gasteiger partial charge in [0.2, 0.25) is 5.91 Å². The highest BCUT2D eigenvalue weighted by Gasteiger charge is 2.30. The van der Waals surface area contributed by atoms with Crippen molar-refractivity contribution in [2.24, 2.45) is 5.92 Å². The number of hydrogen-bond acceptors (Lipinski definition) is 4. The van der Waals surface area contributed by atoms with E-state index in [0.29, 0.717) is 18.1 Å². The van der Waals surface area contributed by atoms with Crippen molar-refractivity contribution in [1.29, 1.82) is 0 Å².